The van der Waals surface area contributed by atoms with E-state index in [1.807, 2.05) is 91.0 Å². The van der Waals surface area contributed by atoms with E-state index >= 15 is 0 Å². The minimum Gasteiger partial charge on any atom is -0.440 e. The number of ether oxygens (including phenoxy) is 7. The van der Waals surface area contributed by atoms with Gasteiger partial charge in [0.2, 0.25) is 6.29 Å². The zero-order valence-electron chi connectivity index (χ0n) is 26.6. The summed E-state index contributed by atoms with van der Waals surface area (Å²) in [4.78, 5) is 16.3. The molecule has 49 heavy (non-hydrogen) atoms. The lowest BCUT2D eigenvalue weighted by Crippen LogP contribution is -2.62. The molecule has 0 aromatic heterocycles. The Morgan fingerprint density at radius 3 is 1.67 bits per heavy atom. The van der Waals surface area contributed by atoms with Crippen molar-refractivity contribution in [1.82, 2.24) is 0 Å². The number of hydrogen-bond donors (Lipinski definition) is 0. The normalized spacial score (nSPS) is 21.1. The van der Waals surface area contributed by atoms with Gasteiger partial charge in [-0.1, -0.05) is 109 Å². The first-order valence-corrected chi connectivity index (χ1v) is 15.5. The van der Waals surface area contributed by atoms with Gasteiger partial charge in [-0.25, -0.2) is 9.79 Å². The highest BCUT2D eigenvalue weighted by atomic mass is 19.4. The predicted octanol–water partition coefficient (Wildman–Crippen LogP) is 7.56. The molecule has 0 amide bonds. The van der Waals surface area contributed by atoms with E-state index in [0.717, 1.165) is 23.8 Å². The number of hydrogen-bond acceptors (Lipinski definition) is 9. The topological polar surface area (TPSA) is 94.0 Å². The average Bonchev–Trinajstić information content (AvgIpc) is 3.12. The summed E-state index contributed by atoms with van der Waals surface area (Å²) in [6.07, 6.45) is -13.0. The minimum atomic E-state index is -5.05. The van der Waals surface area contributed by atoms with E-state index in [4.69, 9.17) is 33.2 Å². The van der Waals surface area contributed by atoms with Crippen LogP contribution in [0, 0.1) is 0 Å². The van der Waals surface area contributed by atoms with Gasteiger partial charge in [0.05, 0.1) is 39.2 Å². The van der Waals surface area contributed by atoms with E-state index < -0.39 is 48.9 Å². The van der Waals surface area contributed by atoms with Crippen molar-refractivity contribution in [2.75, 3.05) is 13.7 Å². The Kier molecular flexibility index (Phi) is 12.8. The molecule has 0 bridgehead atoms. The Morgan fingerprint density at radius 2 is 1.16 bits per heavy atom. The molecule has 1 aliphatic heterocycles. The number of nitrogens with zero attached hydrogens (tertiary/aromatic N) is 1. The van der Waals surface area contributed by atoms with Crippen molar-refractivity contribution >= 4 is 17.7 Å². The Labute approximate surface area is 282 Å². The fourth-order valence-electron chi connectivity index (χ4n) is 5.07. The van der Waals surface area contributed by atoms with Crippen molar-refractivity contribution in [3.8, 4) is 0 Å². The second kappa shape index (κ2) is 17.6. The van der Waals surface area contributed by atoms with Crippen LogP contribution in [0.3, 0.4) is 0 Å². The molecule has 0 spiro atoms. The quantitative estimate of drug-likeness (QED) is 0.0812. The molecule has 4 aromatic carbocycles. The van der Waals surface area contributed by atoms with Crippen molar-refractivity contribution < 1.29 is 51.1 Å². The first-order valence-electron chi connectivity index (χ1n) is 15.5. The number of carbonyl (C=O) groups is 1. The zero-order valence-corrected chi connectivity index (χ0v) is 26.6. The SMILES string of the molecule is COC(=O)O[C@@H]1C(OC(=Nc2ccccc2)C(F)(F)F)O[C@H](COCc2ccccc2)[C@@H](OCc2ccccc2)[C@@H]1OCc1ccccc1. The number of halogens is 3. The summed E-state index contributed by atoms with van der Waals surface area (Å²) >= 11 is 0. The van der Waals surface area contributed by atoms with Gasteiger partial charge in [0, 0.05) is 0 Å². The molecule has 0 aliphatic carbocycles. The molecule has 1 aliphatic rings. The van der Waals surface area contributed by atoms with E-state index in [-0.39, 0.29) is 32.1 Å². The fourth-order valence-corrected chi connectivity index (χ4v) is 5.07. The molecule has 0 saturated carbocycles. The summed E-state index contributed by atoms with van der Waals surface area (Å²) < 4.78 is 84.0. The zero-order chi connectivity index (χ0) is 34.5. The maximum atomic E-state index is 14.4. The maximum absolute atomic E-state index is 14.4. The van der Waals surface area contributed by atoms with Gasteiger partial charge in [-0.3, -0.25) is 0 Å². The lowest BCUT2D eigenvalue weighted by Gasteiger charge is -2.45. The number of carbonyl (C=O) groups excluding carboxylic acids is 1. The summed E-state index contributed by atoms with van der Waals surface area (Å²) in [6, 6.07) is 35.2. The van der Waals surface area contributed by atoms with Gasteiger partial charge in [0.25, 0.3) is 5.90 Å². The number of rotatable bonds is 13. The summed E-state index contributed by atoms with van der Waals surface area (Å²) in [7, 11) is 1.07. The number of aliphatic imine (C=N–C) groups is 1. The second-order valence-electron chi connectivity index (χ2n) is 11.0. The van der Waals surface area contributed by atoms with Gasteiger partial charge in [0.15, 0.2) is 6.10 Å². The van der Waals surface area contributed by atoms with E-state index in [9.17, 15) is 18.0 Å². The molecular weight excluding hydrogens is 643 g/mol. The second-order valence-corrected chi connectivity index (χ2v) is 11.0. The molecule has 5 rings (SSSR count). The van der Waals surface area contributed by atoms with E-state index in [0.29, 0.717) is 0 Å². The minimum absolute atomic E-state index is 0.00766. The third kappa shape index (κ3) is 10.6. The van der Waals surface area contributed by atoms with Crippen LogP contribution in [0.25, 0.3) is 0 Å². The Bertz CT molecular complexity index is 1590. The highest BCUT2D eigenvalue weighted by Gasteiger charge is 2.53. The van der Waals surface area contributed by atoms with Crippen LogP contribution in [0.2, 0.25) is 0 Å². The molecule has 9 nitrogen and oxygen atoms in total. The molecule has 258 valence electrons. The molecule has 1 saturated heterocycles. The summed E-state index contributed by atoms with van der Waals surface area (Å²) in [6.45, 7) is 0.112. The van der Waals surface area contributed by atoms with Crippen LogP contribution in [0.4, 0.5) is 23.7 Å². The van der Waals surface area contributed by atoms with Crippen LogP contribution in [0.5, 0.6) is 0 Å². The monoisotopic (exact) mass is 679 g/mol. The summed E-state index contributed by atoms with van der Waals surface area (Å²) in [5.41, 5.74) is 2.42. The number of alkyl halides is 3. The van der Waals surface area contributed by atoms with Crippen LogP contribution < -0.4 is 0 Å². The summed E-state index contributed by atoms with van der Waals surface area (Å²) in [5, 5.41) is 0. The lowest BCUT2D eigenvalue weighted by atomic mass is 9.98. The van der Waals surface area contributed by atoms with Crippen molar-refractivity contribution in [2.45, 2.75) is 56.7 Å². The third-order valence-corrected chi connectivity index (χ3v) is 7.41. The van der Waals surface area contributed by atoms with Crippen LogP contribution in [-0.4, -0.2) is 62.7 Å². The molecule has 5 atom stereocenters. The van der Waals surface area contributed by atoms with Gasteiger partial charge in [0.1, 0.15) is 18.3 Å². The number of benzene rings is 4. The van der Waals surface area contributed by atoms with Crippen molar-refractivity contribution in [1.29, 1.82) is 0 Å². The fraction of sp³-hybridized carbons (Fsp3) is 0.297. The largest absolute Gasteiger partial charge is 0.508 e. The molecule has 1 fully saturated rings. The number of para-hydroxylation sites is 1. The Balaban J connectivity index is 1.52. The first kappa shape index (κ1) is 35.6. The van der Waals surface area contributed by atoms with Crippen LogP contribution in [0.15, 0.2) is 126 Å². The molecule has 0 radical (unpaired) electrons. The molecular formula is C37H36F3NO8. The lowest BCUT2D eigenvalue weighted by molar-refractivity contribution is -0.306. The standard InChI is InChI=1S/C37H36F3NO8/c1-43-36(42)48-33-32(46-24-28-18-10-4-11-19-28)31(45-23-27-16-8-3-9-17-27)30(25-44-22-26-14-6-2-7-15-26)47-34(33)49-35(37(38,39)40)41-29-20-12-5-13-21-29/h2-21,30-34H,22-25H2,1H3/t30-,31-,32+,33+,34?/m1/s1. The molecule has 4 aromatic rings. The third-order valence-electron chi connectivity index (χ3n) is 7.41. The van der Waals surface area contributed by atoms with E-state index in [1.54, 1.807) is 6.07 Å². The van der Waals surface area contributed by atoms with Crippen LogP contribution >= 0.6 is 0 Å². The van der Waals surface area contributed by atoms with Gasteiger partial charge < -0.3 is 33.2 Å². The van der Waals surface area contributed by atoms with Crippen molar-refractivity contribution in [2.24, 2.45) is 4.99 Å². The van der Waals surface area contributed by atoms with Gasteiger partial charge in [-0.15, -0.1) is 0 Å². The smallest absolute Gasteiger partial charge is 0.440 e. The van der Waals surface area contributed by atoms with Gasteiger partial charge in [-0.05, 0) is 28.8 Å². The highest BCUT2D eigenvalue weighted by Crippen LogP contribution is 2.33. The maximum Gasteiger partial charge on any atom is 0.508 e. The predicted molar refractivity (Wildman–Crippen MR) is 173 cm³/mol. The highest BCUT2D eigenvalue weighted by molar-refractivity contribution is 5.84. The van der Waals surface area contributed by atoms with Crippen molar-refractivity contribution in [3.05, 3.63) is 138 Å². The average molecular weight is 680 g/mol. The molecule has 1 unspecified atom stereocenters. The van der Waals surface area contributed by atoms with E-state index in [1.165, 1.54) is 24.3 Å². The first-order chi connectivity index (χ1) is 23.8. The summed E-state index contributed by atoms with van der Waals surface area (Å²) in [5.74, 6) is -1.61. The van der Waals surface area contributed by atoms with E-state index in [2.05, 4.69) is 4.99 Å². The Hall–Kier alpha value is -4.75. The van der Waals surface area contributed by atoms with Crippen molar-refractivity contribution in [3.63, 3.8) is 0 Å². The Morgan fingerprint density at radius 1 is 0.673 bits per heavy atom. The molecule has 0 N–H and O–H groups in total. The van der Waals surface area contributed by atoms with Gasteiger partial charge >= 0.3 is 12.3 Å². The number of methoxy groups -OCH3 is 1. The van der Waals surface area contributed by atoms with Crippen LogP contribution in [-0.2, 0) is 53.0 Å². The van der Waals surface area contributed by atoms with Crippen LogP contribution in [0.1, 0.15) is 16.7 Å². The van der Waals surface area contributed by atoms with Gasteiger partial charge in [-0.2, -0.15) is 13.2 Å². The molecule has 1 heterocycles. The molecule has 12 heteroatoms.